The molecule has 1 aromatic rings. The molecule has 0 spiro atoms. The van der Waals surface area contributed by atoms with Gasteiger partial charge in [0.1, 0.15) is 6.04 Å². The largest absolute Gasteiger partial charge is 0.493 e. The van der Waals surface area contributed by atoms with Gasteiger partial charge in [-0.1, -0.05) is 26.3 Å². The van der Waals surface area contributed by atoms with Crippen LogP contribution in [-0.4, -0.2) is 32.1 Å². The molecular formula is C17H26N2O4. The molecule has 3 N–H and O–H groups in total. The number of hydrogen-bond acceptors (Lipinski definition) is 4. The van der Waals surface area contributed by atoms with E-state index in [4.69, 9.17) is 15.2 Å². The van der Waals surface area contributed by atoms with E-state index in [0.717, 1.165) is 12.0 Å². The molecule has 0 aromatic heterocycles. The van der Waals surface area contributed by atoms with Gasteiger partial charge >= 0.3 is 0 Å². The lowest BCUT2D eigenvalue weighted by Crippen LogP contribution is -2.48. The first kappa shape index (κ1) is 18.8. The third-order valence-electron chi connectivity index (χ3n) is 3.92. The summed E-state index contributed by atoms with van der Waals surface area (Å²) >= 11 is 0. The van der Waals surface area contributed by atoms with E-state index in [9.17, 15) is 9.59 Å². The first-order chi connectivity index (χ1) is 10.9. The van der Waals surface area contributed by atoms with E-state index in [0.29, 0.717) is 17.9 Å². The van der Waals surface area contributed by atoms with Crippen LogP contribution < -0.4 is 20.5 Å². The number of ether oxygens (including phenoxy) is 2. The number of primary amides is 1. The van der Waals surface area contributed by atoms with Crippen molar-refractivity contribution in [2.45, 2.75) is 39.2 Å². The molecule has 0 aliphatic rings. The summed E-state index contributed by atoms with van der Waals surface area (Å²) < 4.78 is 10.4. The fourth-order valence-corrected chi connectivity index (χ4v) is 2.27. The number of nitrogens with one attached hydrogen (secondary N) is 1. The quantitative estimate of drug-likeness (QED) is 0.723. The lowest BCUT2D eigenvalue weighted by atomic mass is 9.98. The second-order valence-electron chi connectivity index (χ2n) is 5.52. The van der Waals surface area contributed by atoms with Gasteiger partial charge in [0.2, 0.25) is 11.8 Å². The summed E-state index contributed by atoms with van der Waals surface area (Å²) in [7, 11) is 3.14. The number of amides is 2. The third-order valence-corrected chi connectivity index (χ3v) is 3.92. The van der Waals surface area contributed by atoms with Gasteiger partial charge in [0.25, 0.3) is 0 Å². The molecule has 0 saturated carbocycles. The van der Waals surface area contributed by atoms with Gasteiger partial charge in [0.05, 0.1) is 14.2 Å². The number of benzene rings is 1. The number of hydrogen-bond donors (Lipinski definition) is 2. The van der Waals surface area contributed by atoms with Crippen molar-refractivity contribution >= 4 is 11.8 Å². The maximum Gasteiger partial charge on any atom is 0.240 e. The lowest BCUT2D eigenvalue weighted by Gasteiger charge is -2.21. The fraction of sp³-hybridized carbons (Fsp3) is 0.529. The Morgan fingerprint density at radius 2 is 1.87 bits per heavy atom. The molecule has 0 aliphatic carbocycles. The van der Waals surface area contributed by atoms with Crippen molar-refractivity contribution in [2.75, 3.05) is 14.2 Å². The predicted octanol–water partition coefficient (Wildman–Crippen LogP) is 1.65. The van der Waals surface area contributed by atoms with Gasteiger partial charge in [-0.3, -0.25) is 9.59 Å². The lowest BCUT2D eigenvalue weighted by molar-refractivity contribution is -0.128. The molecule has 2 atom stereocenters. The highest BCUT2D eigenvalue weighted by Crippen LogP contribution is 2.27. The van der Waals surface area contributed by atoms with Crippen molar-refractivity contribution in [3.05, 3.63) is 23.8 Å². The van der Waals surface area contributed by atoms with Gasteiger partial charge in [-0.2, -0.15) is 0 Å². The van der Waals surface area contributed by atoms with Crippen molar-refractivity contribution < 1.29 is 19.1 Å². The summed E-state index contributed by atoms with van der Waals surface area (Å²) in [5.74, 6) is 0.589. The van der Waals surface area contributed by atoms with E-state index in [2.05, 4.69) is 5.32 Å². The van der Waals surface area contributed by atoms with E-state index in [1.807, 2.05) is 26.0 Å². The van der Waals surface area contributed by atoms with Crippen LogP contribution in [0.5, 0.6) is 11.5 Å². The van der Waals surface area contributed by atoms with E-state index < -0.39 is 11.9 Å². The van der Waals surface area contributed by atoms with E-state index in [1.54, 1.807) is 20.3 Å². The van der Waals surface area contributed by atoms with Crippen molar-refractivity contribution in [1.29, 1.82) is 0 Å². The molecule has 1 rings (SSSR count). The van der Waals surface area contributed by atoms with Gasteiger partial charge in [0.15, 0.2) is 11.5 Å². The van der Waals surface area contributed by atoms with Crippen LogP contribution in [0.15, 0.2) is 18.2 Å². The second-order valence-corrected chi connectivity index (χ2v) is 5.52. The summed E-state index contributed by atoms with van der Waals surface area (Å²) in [4.78, 5) is 23.5. The molecule has 0 saturated heterocycles. The zero-order valence-electron chi connectivity index (χ0n) is 14.2. The normalized spacial score (nSPS) is 13.0. The van der Waals surface area contributed by atoms with Crippen LogP contribution in [0.3, 0.4) is 0 Å². The third kappa shape index (κ3) is 5.47. The molecular weight excluding hydrogens is 296 g/mol. The Morgan fingerprint density at radius 3 is 2.39 bits per heavy atom. The van der Waals surface area contributed by atoms with Gasteiger partial charge in [-0.25, -0.2) is 0 Å². The Bertz CT molecular complexity index is 545. The van der Waals surface area contributed by atoms with Crippen molar-refractivity contribution in [3.8, 4) is 11.5 Å². The molecule has 0 fully saturated rings. The average molecular weight is 322 g/mol. The summed E-state index contributed by atoms with van der Waals surface area (Å²) in [6.07, 6.45) is 1.58. The highest BCUT2D eigenvalue weighted by atomic mass is 16.5. The number of nitrogens with two attached hydrogens (primary N) is 1. The Hall–Kier alpha value is -2.24. The second kappa shape index (κ2) is 9.02. The summed E-state index contributed by atoms with van der Waals surface area (Å²) in [6.45, 7) is 3.85. The molecule has 1 aromatic carbocycles. The van der Waals surface area contributed by atoms with Crippen LogP contribution in [0.1, 0.15) is 32.3 Å². The van der Waals surface area contributed by atoms with Gasteiger partial charge in [-0.15, -0.1) is 0 Å². The summed E-state index contributed by atoms with van der Waals surface area (Å²) in [6, 6.07) is 4.90. The van der Waals surface area contributed by atoms with Crippen LogP contribution in [-0.2, 0) is 16.0 Å². The highest BCUT2D eigenvalue weighted by Gasteiger charge is 2.23. The number of rotatable bonds is 9. The molecule has 0 aliphatic heterocycles. The molecule has 6 heteroatoms. The monoisotopic (exact) mass is 322 g/mol. The predicted molar refractivity (Wildman–Crippen MR) is 88.4 cm³/mol. The number of methoxy groups -OCH3 is 2. The molecule has 0 radical (unpaired) electrons. The minimum atomic E-state index is -0.627. The summed E-state index contributed by atoms with van der Waals surface area (Å²) in [5, 5.41) is 2.72. The molecule has 6 nitrogen and oxygen atoms in total. The molecule has 23 heavy (non-hydrogen) atoms. The van der Waals surface area contributed by atoms with Gasteiger partial charge in [0, 0.05) is 6.42 Å². The van der Waals surface area contributed by atoms with Crippen LogP contribution in [0.4, 0.5) is 0 Å². The molecule has 0 heterocycles. The zero-order chi connectivity index (χ0) is 17.4. The summed E-state index contributed by atoms with van der Waals surface area (Å²) in [5.41, 5.74) is 6.31. The van der Waals surface area contributed by atoms with Crippen molar-refractivity contribution in [3.63, 3.8) is 0 Å². The van der Waals surface area contributed by atoms with Crippen LogP contribution in [0.25, 0.3) is 0 Å². The van der Waals surface area contributed by atoms with Gasteiger partial charge < -0.3 is 20.5 Å². The Balaban J connectivity index is 2.63. The Morgan fingerprint density at radius 1 is 1.22 bits per heavy atom. The SMILES string of the molecule is CCC(C)C(NC(=O)CCc1ccc(OC)c(OC)c1)C(N)=O. The van der Waals surface area contributed by atoms with Crippen LogP contribution in [0.2, 0.25) is 0 Å². The van der Waals surface area contributed by atoms with Gasteiger partial charge in [-0.05, 0) is 30.0 Å². The standard InChI is InChI=1S/C17H26N2O4/c1-5-11(2)16(17(18)21)19-15(20)9-7-12-6-8-13(22-3)14(10-12)23-4/h6,8,10-11,16H,5,7,9H2,1-4H3,(H2,18,21)(H,19,20). The van der Waals surface area contributed by atoms with Crippen LogP contribution in [0, 0.1) is 5.92 Å². The van der Waals surface area contributed by atoms with Crippen molar-refractivity contribution in [2.24, 2.45) is 11.7 Å². The molecule has 2 unspecified atom stereocenters. The van der Waals surface area contributed by atoms with E-state index in [1.165, 1.54) is 0 Å². The smallest absolute Gasteiger partial charge is 0.240 e. The maximum atomic E-state index is 12.1. The number of carbonyl (C=O) groups is 2. The van der Waals surface area contributed by atoms with Crippen LogP contribution >= 0.6 is 0 Å². The minimum Gasteiger partial charge on any atom is -0.493 e. The highest BCUT2D eigenvalue weighted by molar-refractivity contribution is 5.86. The first-order valence-electron chi connectivity index (χ1n) is 7.72. The fourth-order valence-electron chi connectivity index (χ4n) is 2.27. The molecule has 0 bridgehead atoms. The molecule has 128 valence electrons. The Kier molecular flexibility index (Phi) is 7.38. The number of carbonyl (C=O) groups excluding carboxylic acids is 2. The van der Waals surface area contributed by atoms with E-state index >= 15 is 0 Å². The van der Waals surface area contributed by atoms with Crippen molar-refractivity contribution in [1.82, 2.24) is 5.32 Å². The zero-order valence-corrected chi connectivity index (χ0v) is 14.2. The first-order valence-corrected chi connectivity index (χ1v) is 7.72. The maximum absolute atomic E-state index is 12.1. The topological polar surface area (TPSA) is 90.7 Å². The minimum absolute atomic E-state index is 0.0116. The Labute approximate surface area is 137 Å². The number of aryl methyl sites for hydroxylation is 1. The van der Waals surface area contributed by atoms with E-state index in [-0.39, 0.29) is 18.2 Å². The molecule has 2 amide bonds. The average Bonchev–Trinajstić information content (AvgIpc) is 2.56.